The third-order valence-electron chi connectivity index (χ3n) is 2.29. The van der Waals surface area contributed by atoms with Crippen molar-refractivity contribution in [1.29, 1.82) is 0 Å². The fourth-order valence-electron chi connectivity index (χ4n) is 1.58. The summed E-state index contributed by atoms with van der Waals surface area (Å²) in [4.78, 5) is 0. The van der Waals surface area contributed by atoms with Crippen molar-refractivity contribution in [2.24, 2.45) is 7.05 Å². The minimum Gasteiger partial charge on any atom is -1.00 e. The topological polar surface area (TPSA) is 3.88 Å². The monoisotopic (exact) mass is 319 g/mol. The van der Waals surface area contributed by atoms with Crippen LogP contribution in [0, 0.1) is 0 Å². The van der Waals surface area contributed by atoms with Crippen molar-refractivity contribution in [3.8, 4) is 0 Å². The van der Waals surface area contributed by atoms with Gasteiger partial charge in [-0.1, -0.05) is 30.4 Å². The van der Waals surface area contributed by atoms with Crippen LogP contribution in [0.1, 0.15) is 18.4 Å². The molecule has 0 aliphatic rings. The van der Waals surface area contributed by atoms with Crippen molar-refractivity contribution < 1.29 is 28.5 Å². The van der Waals surface area contributed by atoms with Gasteiger partial charge in [-0.15, -0.1) is 0 Å². The van der Waals surface area contributed by atoms with E-state index in [9.17, 15) is 0 Å². The van der Waals surface area contributed by atoms with Gasteiger partial charge in [0.2, 0.25) is 10.5 Å². The summed E-state index contributed by atoms with van der Waals surface area (Å²) in [6.07, 6.45) is 2.41. The zero-order chi connectivity index (χ0) is 9.26. The average molecular weight is 319 g/mol. The molecule has 1 aromatic carbocycles. The van der Waals surface area contributed by atoms with Gasteiger partial charge in [-0.3, -0.25) is 0 Å². The van der Waals surface area contributed by atoms with Crippen LogP contribution in [0.3, 0.4) is 0 Å². The minimum absolute atomic E-state index is 0. The summed E-state index contributed by atoms with van der Waals surface area (Å²) in [6, 6.07) is 8.59. The van der Waals surface area contributed by atoms with E-state index in [-0.39, 0.29) is 24.0 Å². The van der Waals surface area contributed by atoms with Gasteiger partial charge in [0.25, 0.3) is 0 Å². The lowest BCUT2D eigenvalue weighted by Crippen LogP contribution is -3.00. The van der Waals surface area contributed by atoms with Crippen molar-refractivity contribution in [1.82, 2.24) is 0 Å². The number of para-hydroxylation sites is 1. The van der Waals surface area contributed by atoms with Crippen LogP contribution in [0.4, 0.5) is 0 Å². The second-order valence-electron chi connectivity index (χ2n) is 3.27. The first-order valence-corrected chi connectivity index (χ1v) is 5.51. The molecule has 0 fully saturated rings. The van der Waals surface area contributed by atoms with Gasteiger partial charge in [0.05, 0.1) is 0 Å². The van der Waals surface area contributed by atoms with E-state index in [0.717, 1.165) is 0 Å². The lowest BCUT2D eigenvalue weighted by Gasteiger charge is -1.88. The number of halogens is 1. The molecule has 0 atom stereocenters. The van der Waals surface area contributed by atoms with Gasteiger partial charge in [0.15, 0.2) is 0 Å². The smallest absolute Gasteiger partial charge is 0.238 e. The number of hydrogen-bond donors (Lipinski definition) is 0. The number of fused-ring (bicyclic) bond motifs is 1. The first kappa shape index (κ1) is 11.9. The molecule has 2 aromatic rings. The standard InChI is InChI=1S/C11H14NS.HI/c1-3-6-11-12(2)9-7-4-5-8-10(9)13-11;/h4-5,7-8H,3,6H2,1-2H3;1H/q+1;/p-1. The Bertz CT molecular complexity index is 422. The highest BCUT2D eigenvalue weighted by Crippen LogP contribution is 2.20. The molecule has 0 saturated carbocycles. The van der Waals surface area contributed by atoms with Gasteiger partial charge in [0, 0.05) is 12.5 Å². The predicted molar refractivity (Wildman–Crippen MR) is 57.0 cm³/mol. The van der Waals surface area contributed by atoms with Crippen molar-refractivity contribution >= 4 is 21.6 Å². The van der Waals surface area contributed by atoms with E-state index in [4.69, 9.17) is 0 Å². The van der Waals surface area contributed by atoms with Crippen LogP contribution in [0.2, 0.25) is 0 Å². The number of nitrogens with zero attached hydrogens (tertiary/aromatic N) is 1. The van der Waals surface area contributed by atoms with Gasteiger partial charge in [0.1, 0.15) is 11.7 Å². The number of aromatic nitrogens is 1. The molecule has 0 amide bonds. The molecule has 0 saturated heterocycles. The van der Waals surface area contributed by atoms with E-state index in [0.29, 0.717) is 0 Å². The van der Waals surface area contributed by atoms with Crippen LogP contribution in [-0.4, -0.2) is 0 Å². The molecule has 2 rings (SSSR count). The first-order valence-electron chi connectivity index (χ1n) is 4.69. The summed E-state index contributed by atoms with van der Waals surface area (Å²) in [5, 5.41) is 1.48. The van der Waals surface area contributed by atoms with E-state index in [1.54, 1.807) is 0 Å². The molecule has 0 aliphatic carbocycles. The predicted octanol–water partition coefficient (Wildman–Crippen LogP) is -0.318. The molecule has 1 nitrogen and oxygen atoms in total. The maximum atomic E-state index is 2.31. The van der Waals surface area contributed by atoms with E-state index >= 15 is 0 Å². The third-order valence-corrected chi connectivity index (χ3v) is 3.57. The fourth-order valence-corrected chi connectivity index (χ4v) is 2.83. The van der Waals surface area contributed by atoms with Crippen molar-refractivity contribution in [3.63, 3.8) is 0 Å². The summed E-state index contributed by atoms with van der Waals surface area (Å²) in [5.41, 5.74) is 1.36. The summed E-state index contributed by atoms with van der Waals surface area (Å²) >= 11 is 1.91. The van der Waals surface area contributed by atoms with Crippen LogP contribution in [0.25, 0.3) is 10.2 Å². The number of benzene rings is 1. The molecule has 1 heterocycles. The van der Waals surface area contributed by atoms with E-state index in [2.05, 4.69) is 42.8 Å². The van der Waals surface area contributed by atoms with Crippen LogP contribution in [0.15, 0.2) is 24.3 Å². The molecular weight excluding hydrogens is 305 g/mol. The Morgan fingerprint density at radius 1 is 1.29 bits per heavy atom. The van der Waals surface area contributed by atoms with Crippen LogP contribution in [-0.2, 0) is 13.5 Å². The fraction of sp³-hybridized carbons (Fsp3) is 0.364. The highest BCUT2D eigenvalue weighted by atomic mass is 127. The SMILES string of the molecule is CCCc1sc2ccccc2[n+]1C.[I-]. The molecule has 0 N–H and O–H groups in total. The Morgan fingerprint density at radius 2 is 2.00 bits per heavy atom. The summed E-state index contributed by atoms with van der Waals surface area (Å²) in [5.74, 6) is 0. The van der Waals surface area contributed by atoms with Crippen molar-refractivity contribution in [3.05, 3.63) is 29.3 Å². The highest BCUT2D eigenvalue weighted by molar-refractivity contribution is 7.18. The Balaban J connectivity index is 0.000000980. The lowest BCUT2D eigenvalue weighted by atomic mass is 10.3. The summed E-state index contributed by atoms with van der Waals surface area (Å²) in [7, 11) is 2.16. The maximum absolute atomic E-state index is 2.31. The molecule has 0 bridgehead atoms. The normalized spacial score (nSPS) is 10.1. The molecule has 0 radical (unpaired) electrons. The van der Waals surface area contributed by atoms with Crippen LogP contribution < -0.4 is 28.5 Å². The van der Waals surface area contributed by atoms with Crippen LogP contribution in [0.5, 0.6) is 0 Å². The van der Waals surface area contributed by atoms with E-state index in [1.807, 2.05) is 11.3 Å². The Labute approximate surface area is 106 Å². The van der Waals surface area contributed by atoms with E-state index < -0.39 is 0 Å². The molecule has 0 spiro atoms. The molecule has 76 valence electrons. The molecular formula is C11H14INS. The summed E-state index contributed by atoms with van der Waals surface area (Å²) < 4.78 is 3.71. The zero-order valence-corrected chi connectivity index (χ0v) is 11.4. The molecule has 3 heteroatoms. The maximum Gasteiger partial charge on any atom is 0.238 e. The third kappa shape index (κ3) is 2.08. The molecule has 1 aromatic heterocycles. The van der Waals surface area contributed by atoms with Gasteiger partial charge < -0.3 is 24.0 Å². The van der Waals surface area contributed by atoms with Gasteiger partial charge in [-0.05, 0) is 12.5 Å². The Morgan fingerprint density at radius 3 is 2.64 bits per heavy atom. The minimum atomic E-state index is 0. The Hall–Kier alpha value is -0.160. The largest absolute Gasteiger partial charge is 1.00 e. The van der Waals surface area contributed by atoms with E-state index in [1.165, 1.54) is 28.1 Å². The van der Waals surface area contributed by atoms with Crippen LogP contribution >= 0.6 is 11.3 Å². The summed E-state index contributed by atoms with van der Waals surface area (Å²) in [6.45, 7) is 2.23. The number of aryl methyl sites for hydroxylation is 2. The zero-order valence-electron chi connectivity index (χ0n) is 8.46. The molecule has 0 unspecified atom stereocenters. The van der Waals surface area contributed by atoms with Gasteiger partial charge in [-0.25, -0.2) is 0 Å². The Kier molecular flexibility index (Phi) is 4.31. The quantitative estimate of drug-likeness (QED) is 0.528. The van der Waals surface area contributed by atoms with Crippen molar-refractivity contribution in [2.45, 2.75) is 19.8 Å². The van der Waals surface area contributed by atoms with Crippen molar-refractivity contribution in [2.75, 3.05) is 0 Å². The van der Waals surface area contributed by atoms with Gasteiger partial charge in [-0.2, -0.15) is 4.57 Å². The second kappa shape index (κ2) is 5.07. The first-order chi connectivity index (χ1) is 6.33. The van der Waals surface area contributed by atoms with Gasteiger partial charge >= 0.3 is 0 Å². The highest BCUT2D eigenvalue weighted by Gasteiger charge is 2.14. The molecule has 0 aliphatic heterocycles. The number of thiazole rings is 1. The number of hydrogen-bond acceptors (Lipinski definition) is 1. The average Bonchev–Trinajstić information content (AvgIpc) is 2.46. The lowest BCUT2D eigenvalue weighted by molar-refractivity contribution is -0.648. The number of rotatable bonds is 2. The molecule has 14 heavy (non-hydrogen) atoms. The second-order valence-corrected chi connectivity index (χ2v) is 4.39.